The maximum Gasteiger partial charge on any atom is 0.325 e. The minimum absolute atomic E-state index is 0. The summed E-state index contributed by atoms with van der Waals surface area (Å²) in [6.07, 6.45) is 0. The third-order valence-corrected chi connectivity index (χ3v) is 12.8. The van der Waals surface area contributed by atoms with Crippen LogP contribution in [0.2, 0.25) is 20.1 Å². The number of benzene rings is 2. The van der Waals surface area contributed by atoms with E-state index in [0.29, 0.717) is 76.7 Å². The molecule has 0 spiro atoms. The van der Waals surface area contributed by atoms with E-state index in [0.717, 1.165) is 25.3 Å². The minimum atomic E-state index is -0.923. The van der Waals surface area contributed by atoms with E-state index in [1.165, 1.54) is 31.0 Å². The number of hydrogen-bond acceptors (Lipinski definition) is 9. The van der Waals surface area contributed by atoms with Crippen molar-refractivity contribution in [3.63, 3.8) is 0 Å². The number of nitrogens with one attached hydrogen (secondary N) is 1. The fourth-order valence-electron chi connectivity index (χ4n) is 6.16. The van der Waals surface area contributed by atoms with Crippen LogP contribution in [0.15, 0.2) is 24.3 Å². The summed E-state index contributed by atoms with van der Waals surface area (Å²) < 4.78 is 42.9. The van der Waals surface area contributed by atoms with Gasteiger partial charge in [-0.15, -0.1) is 0 Å². The van der Waals surface area contributed by atoms with Crippen LogP contribution < -0.4 is 24.6 Å². The van der Waals surface area contributed by atoms with Gasteiger partial charge in [0.25, 0.3) is 0 Å². The zero-order valence-corrected chi connectivity index (χ0v) is 39.2. The summed E-state index contributed by atoms with van der Waals surface area (Å²) >= 11 is 27.8. The van der Waals surface area contributed by atoms with Crippen LogP contribution in [-0.4, -0.2) is 107 Å². The molecule has 0 radical (unpaired) electrons. The molecule has 0 aliphatic carbocycles. The van der Waals surface area contributed by atoms with Crippen molar-refractivity contribution in [3.05, 3.63) is 74.8 Å². The molecular formula is C37H46Cl4F2I2N8O5. The van der Waals surface area contributed by atoms with Crippen molar-refractivity contribution in [1.29, 1.82) is 0 Å². The van der Waals surface area contributed by atoms with E-state index in [4.69, 9.17) is 61.0 Å². The van der Waals surface area contributed by atoms with Crippen LogP contribution in [0.5, 0.6) is 11.5 Å². The molecule has 2 N–H and O–H groups in total. The van der Waals surface area contributed by atoms with Crippen LogP contribution in [0.4, 0.5) is 20.2 Å². The molecule has 2 aliphatic heterocycles. The molecule has 0 bridgehead atoms. The van der Waals surface area contributed by atoms with Gasteiger partial charge in [0.05, 0.1) is 57.1 Å². The van der Waals surface area contributed by atoms with Gasteiger partial charge in [0.2, 0.25) is 5.91 Å². The Kier molecular flexibility index (Phi) is 19.2. The number of nitrogens with zero attached hydrogens (tertiary/aromatic N) is 7. The molecule has 2 aromatic heterocycles. The summed E-state index contributed by atoms with van der Waals surface area (Å²) in [5.41, 5.74) is 2.42. The Bertz CT molecular complexity index is 2080. The number of rotatable bonds is 8. The van der Waals surface area contributed by atoms with Crippen LogP contribution in [0.1, 0.15) is 32.7 Å². The summed E-state index contributed by atoms with van der Waals surface area (Å²) in [5.74, 6) is -0.744. The lowest BCUT2D eigenvalue weighted by molar-refractivity contribution is -0.138. The van der Waals surface area contributed by atoms with E-state index in [-0.39, 0.29) is 43.3 Å². The summed E-state index contributed by atoms with van der Waals surface area (Å²) in [7, 11) is 3.02. The van der Waals surface area contributed by atoms with Gasteiger partial charge in [0.15, 0.2) is 0 Å². The molecule has 4 aromatic rings. The van der Waals surface area contributed by atoms with Crippen LogP contribution in [0.3, 0.4) is 0 Å². The molecule has 6 rings (SSSR count). The monoisotopic (exact) mass is 1110 g/mol. The second kappa shape index (κ2) is 22.3. The third-order valence-electron chi connectivity index (χ3n) is 9.20. The van der Waals surface area contributed by atoms with E-state index in [1.807, 2.05) is 68.8 Å². The van der Waals surface area contributed by atoms with Crippen molar-refractivity contribution in [2.45, 2.75) is 60.3 Å². The first-order chi connectivity index (χ1) is 26.9. The molecule has 21 heteroatoms. The highest BCUT2D eigenvalue weighted by Crippen LogP contribution is 2.34. The topological polar surface area (TPSA) is 130 Å². The number of carbonyl (C=O) groups excluding carboxylic acids is 1. The van der Waals surface area contributed by atoms with Gasteiger partial charge in [-0.3, -0.25) is 19.0 Å². The van der Waals surface area contributed by atoms with Crippen molar-refractivity contribution >= 4 is 115 Å². The Morgan fingerprint density at radius 1 is 0.810 bits per heavy atom. The second-order valence-electron chi connectivity index (χ2n) is 13.1. The van der Waals surface area contributed by atoms with Crippen molar-refractivity contribution in [2.75, 3.05) is 63.3 Å². The number of aromatic nitrogens is 4. The van der Waals surface area contributed by atoms with Crippen LogP contribution in [0, 0.1) is 32.9 Å². The highest BCUT2D eigenvalue weighted by Gasteiger charge is 2.30. The average molecular weight is 1120 g/mol. The third kappa shape index (κ3) is 12.5. The standard InChI is InChI=1S/C18H20Cl2FIN4O2.C12H16ClFN2O.C6H6ClIN2O2.CH4/c1-10-8-24(14-7-15(28-3)12(19)6-13(14)21)4-5-25(10)16(27)9-26-11(2)17(20)18(22)23-26;1-8-7-16(4-3-15-8)11-6-12(17-2)9(13)5-10(11)14;1-3-5(7)6(8)9-10(3)2-4(11)12;/h6-7,10H,4-5,8-9H2,1-3H3;5-6,8,15H,3-4,7H2,1-2H3;2H2,1H3,(H,11,12);1H4/t10-;8-;;/m00../s1. The quantitative estimate of drug-likeness (QED) is 0.166. The van der Waals surface area contributed by atoms with Gasteiger partial charge in [0, 0.05) is 63.5 Å². The Morgan fingerprint density at radius 2 is 1.28 bits per heavy atom. The first-order valence-corrected chi connectivity index (χ1v) is 21.1. The molecule has 4 heterocycles. The van der Waals surface area contributed by atoms with E-state index in [2.05, 4.69) is 22.4 Å². The van der Waals surface area contributed by atoms with Gasteiger partial charge in [0.1, 0.15) is 43.6 Å². The maximum absolute atomic E-state index is 14.4. The van der Waals surface area contributed by atoms with E-state index < -0.39 is 11.8 Å². The van der Waals surface area contributed by atoms with Gasteiger partial charge in [-0.25, -0.2) is 8.78 Å². The SMILES string of the molecule is C.COc1cc(N2CCN(C(=O)Cn3nc(I)c(Cl)c3C)[C@@H](C)C2)c(F)cc1Cl.COc1cc(N2CCN[C@@H](C)C2)c(F)cc1Cl.Cc1c(Cl)c(I)nn1CC(=O)O. The molecule has 2 saturated heterocycles. The number of aliphatic carboxylic acids is 1. The lowest BCUT2D eigenvalue weighted by Crippen LogP contribution is -2.55. The van der Waals surface area contributed by atoms with Gasteiger partial charge < -0.3 is 34.6 Å². The number of carbonyl (C=O) groups is 2. The van der Waals surface area contributed by atoms with E-state index in [1.54, 1.807) is 28.6 Å². The molecule has 2 aliphatic rings. The maximum atomic E-state index is 14.4. The van der Waals surface area contributed by atoms with Gasteiger partial charge in [-0.2, -0.15) is 10.2 Å². The average Bonchev–Trinajstić information content (AvgIpc) is 3.53. The Morgan fingerprint density at radius 3 is 1.67 bits per heavy atom. The summed E-state index contributed by atoms with van der Waals surface area (Å²) in [6.45, 7) is 11.5. The van der Waals surface area contributed by atoms with Gasteiger partial charge >= 0.3 is 5.97 Å². The van der Waals surface area contributed by atoms with E-state index >= 15 is 0 Å². The van der Waals surface area contributed by atoms with Crippen molar-refractivity contribution < 1.29 is 33.0 Å². The van der Waals surface area contributed by atoms with Gasteiger partial charge in [-0.1, -0.05) is 53.8 Å². The lowest BCUT2D eigenvalue weighted by Gasteiger charge is -2.41. The molecule has 2 aromatic carbocycles. The number of halogens is 8. The number of piperazine rings is 2. The zero-order valence-electron chi connectivity index (χ0n) is 31.9. The van der Waals surface area contributed by atoms with Crippen LogP contribution >= 0.6 is 91.6 Å². The highest BCUT2D eigenvalue weighted by molar-refractivity contribution is 14.1. The second-order valence-corrected chi connectivity index (χ2v) is 16.8. The molecular weight excluding hydrogens is 1070 g/mol. The van der Waals surface area contributed by atoms with E-state index in [9.17, 15) is 18.4 Å². The zero-order chi connectivity index (χ0) is 42.3. The number of anilines is 2. The first kappa shape index (κ1) is 49.8. The Hall–Kier alpha value is -2.56. The number of hydrogen-bond donors (Lipinski definition) is 2. The molecule has 0 unspecified atom stereocenters. The number of ether oxygens (including phenoxy) is 2. The predicted molar refractivity (Wildman–Crippen MR) is 243 cm³/mol. The number of amides is 1. The fraction of sp³-hybridized carbons (Fsp3) is 0.459. The fourth-order valence-corrected chi connectivity index (χ4v) is 8.19. The predicted octanol–water partition coefficient (Wildman–Crippen LogP) is 8.44. The number of carboxylic acid groups (broad SMARTS) is 1. The molecule has 1 amide bonds. The normalized spacial score (nSPS) is 16.4. The molecule has 2 atom stereocenters. The number of methoxy groups -OCH3 is 2. The molecule has 58 heavy (non-hydrogen) atoms. The summed E-state index contributed by atoms with van der Waals surface area (Å²) in [5, 5.41) is 21.7. The molecule has 0 saturated carbocycles. The smallest absolute Gasteiger partial charge is 0.325 e. The molecule has 2 fully saturated rings. The van der Waals surface area contributed by atoms with Crippen molar-refractivity contribution in [3.8, 4) is 11.5 Å². The molecule has 13 nitrogen and oxygen atoms in total. The largest absolute Gasteiger partial charge is 0.495 e. The Labute approximate surface area is 384 Å². The lowest BCUT2D eigenvalue weighted by atomic mass is 10.1. The van der Waals surface area contributed by atoms with Crippen LogP contribution in [0.25, 0.3) is 0 Å². The minimum Gasteiger partial charge on any atom is -0.495 e. The number of carboxylic acids is 1. The summed E-state index contributed by atoms with van der Waals surface area (Å²) in [4.78, 5) is 28.8. The highest BCUT2D eigenvalue weighted by atomic mass is 127. The van der Waals surface area contributed by atoms with Crippen LogP contribution in [-0.2, 0) is 22.7 Å². The van der Waals surface area contributed by atoms with Crippen molar-refractivity contribution in [2.24, 2.45) is 0 Å². The summed E-state index contributed by atoms with van der Waals surface area (Å²) in [6, 6.07) is 6.08. The van der Waals surface area contributed by atoms with Crippen molar-refractivity contribution in [1.82, 2.24) is 29.8 Å². The first-order valence-electron chi connectivity index (χ1n) is 17.4. The van der Waals surface area contributed by atoms with Gasteiger partial charge in [-0.05, 0) is 85.0 Å². The molecule has 320 valence electrons. The Balaban J connectivity index is 0.000000255.